The van der Waals surface area contributed by atoms with Crippen LogP contribution < -0.4 is 0 Å². The summed E-state index contributed by atoms with van der Waals surface area (Å²) in [5, 5.41) is 0. The molecule has 5 heteroatoms. The molecule has 1 aliphatic heterocycles. The lowest BCUT2D eigenvalue weighted by molar-refractivity contribution is 0.0609. The highest BCUT2D eigenvalue weighted by Gasteiger charge is 2.30. The molecular formula is C14H15BrN2O2. The molecule has 0 saturated carbocycles. The predicted molar refractivity (Wildman–Crippen MR) is 75.0 cm³/mol. The number of aromatic nitrogens is 1. The zero-order chi connectivity index (χ0) is 13.6. The van der Waals surface area contributed by atoms with Gasteiger partial charge in [0.15, 0.2) is 10.4 Å². The van der Waals surface area contributed by atoms with Gasteiger partial charge in [-0.25, -0.2) is 0 Å². The normalized spacial score (nSPS) is 18.5. The molecule has 0 spiro atoms. The van der Waals surface area contributed by atoms with Crippen molar-refractivity contribution in [2.24, 2.45) is 0 Å². The van der Waals surface area contributed by atoms with E-state index in [2.05, 4.69) is 46.5 Å². The summed E-state index contributed by atoms with van der Waals surface area (Å²) in [6, 6.07) is 7.71. The second-order valence-corrected chi connectivity index (χ2v) is 5.61. The molecule has 19 heavy (non-hydrogen) atoms. The van der Waals surface area contributed by atoms with E-state index in [1.165, 1.54) is 11.4 Å². The summed E-state index contributed by atoms with van der Waals surface area (Å²) < 4.78 is 8.21. The van der Waals surface area contributed by atoms with Crippen LogP contribution in [0.4, 0.5) is 0 Å². The summed E-state index contributed by atoms with van der Waals surface area (Å²) in [5.74, 6) is 0.332. The maximum atomic E-state index is 12.4. The maximum absolute atomic E-state index is 12.4. The summed E-state index contributed by atoms with van der Waals surface area (Å²) in [7, 11) is 0. The van der Waals surface area contributed by atoms with Crippen LogP contribution in [0.25, 0.3) is 0 Å². The average Bonchev–Trinajstić information content (AvgIpc) is 2.97. The first kappa shape index (κ1) is 12.5. The van der Waals surface area contributed by atoms with Crippen molar-refractivity contribution in [1.82, 2.24) is 9.47 Å². The lowest BCUT2D eigenvalue weighted by Gasteiger charge is -2.34. The highest BCUT2D eigenvalue weighted by atomic mass is 79.9. The minimum Gasteiger partial charge on any atom is -0.444 e. The van der Waals surface area contributed by atoms with Crippen LogP contribution in [0.1, 0.15) is 34.9 Å². The monoisotopic (exact) mass is 322 g/mol. The van der Waals surface area contributed by atoms with Gasteiger partial charge in [0.2, 0.25) is 0 Å². The van der Waals surface area contributed by atoms with E-state index in [-0.39, 0.29) is 11.9 Å². The van der Waals surface area contributed by atoms with Crippen molar-refractivity contribution in [3.05, 3.63) is 46.1 Å². The van der Waals surface area contributed by atoms with Gasteiger partial charge in [-0.2, -0.15) is 0 Å². The molecule has 4 nitrogen and oxygen atoms in total. The molecule has 3 rings (SSSR count). The standard InChI is InChI=1S/C14H15BrN2O2/c1-9-3-4-11-10(2)17(8-7-16(9)11)14(18)12-5-6-13(15)19-12/h3-6,10H,7-8H2,1-2H3/t10-/m0/s1. The number of carbonyl (C=O) groups excluding carboxylic acids is 1. The minimum absolute atomic E-state index is 0.0525. The van der Waals surface area contributed by atoms with Gasteiger partial charge < -0.3 is 13.9 Å². The molecule has 0 aromatic carbocycles. The Morgan fingerprint density at radius 1 is 1.32 bits per heavy atom. The molecule has 0 fully saturated rings. The van der Waals surface area contributed by atoms with Crippen LogP contribution in [0.5, 0.6) is 0 Å². The first-order chi connectivity index (χ1) is 9.08. The highest BCUT2D eigenvalue weighted by molar-refractivity contribution is 9.10. The van der Waals surface area contributed by atoms with Crippen molar-refractivity contribution in [2.45, 2.75) is 26.4 Å². The van der Waals surface area contributed by atoms with E-state index in [4.69, 9.17) is 4.42 Å². The molecule has 0 radical (unpaired) electrons. The second kappa shape index (κ2) is 4.56. The summed E-state index contributed by atoms with van der Waals surface area (Å²) in [4.78, 5) is 14.3. The fraction of sp³-hybridized carbons (Fsp3) is 0.357. The van der Waals surface area contributed by atoms with Crippen molar-refractivity contribution in [2.75, 3.05) is 6.54 Å². The van der Waals surface area contributed by atoms with Crippen LogP contribution in [0, 0.1) is 6.92 Å². The molecule has 1 atom stereocenters. The van der Waals surface area contributed by atoms with Crippen LogP contribution in [0.15, 0.2) is 33.4 Å². The molecule has 0 unspecified atom stereocenters. The molecular weight excluding hydrogens is 308 g/mol. The largest absolute Gasteiger partial charge is 0.444 e. The van der Waals surface area contributed by atoms with Gasteiger partial charge in [-0.15, -0.1) is 0 Å². The van der Waals surface area contributed by atoms with Crippen LogP contribution in [0.2, 0.25) is 0 Å². The second-order valence-electron chi connectivity index (χ2n) is 4.83. The van der Waals surface area contributed by atoms with Crippen molar-refractivity contribution in [3.8, 4) is 0 Å². The Morgan fingerprint density at radius 2 is 2.11 bits per heavy atom. The number of furan rings is 1. The summed E-state index contributed by atoms with van der Waals surface area (Å²) in [5.41, 5.74) is 2.43. The van der Waals surface area contributed by atoms with Gasteiger partial charge >= 0.3 is 0 Å². The first-order valence-corrected chi connectivity index (χ1v) is 7.09. The van der Waals surface area contributed by atoms with Crippen molar-refractivity contribution < 1.29 is 9.21 Å². The molecule has 3 heterocycles. The van der Waals surface area contributed by atoms with Crippen molar-refractivity contribution in [3.63, 3.8) is 0 Å². The lowest BCUT2D eigenvalue weighted by Crippen LogP contribution is -2.40. The van der Waals surface area contributed by atoms with Crippen molar-refractivity contribution >= 4 is 21.8 Å². The number of hydrogen-bond acceptors (Lipinski definition) is 2. The number of halogens is 1. The van der Waals surface area contributed by atoms with Gasteiger partial charge in [-0.05, 0) is 54.0 Å². The van der Waals surface area contributed by atoms with E-state index < -0.39 is 0 Å². The van der Waals surface area contributed by atoms with Gasteiger partial charge in [0.1, 0.15) is 0 Å². The Bertz CT molecular complexity index is 629. The van der Waals surface area contributed by atoms with Gasteiger partial charge in [0.05, 0.1) is 6.04 Å². The molecule has 0 aliphatic carbocycles. The Hall–Kier alpha value is -1.49. The summed E-state index contributed by atoms with van der Waals surface area (Å²) in [6.45, 7) is 5.70. The number of rotatable bonds is 1. The zero-order valence-corrected chi connectivity index (χ0v) is 12.5. The maximum Gasteiger partial charge on any atom is 0.290 e. The van der Waals surface area contributed by atoms with E-state index in [0.29, 0.717) is 17.0 Å². The SMILES string of the molecule is Cc1ccc2n1CCN(C(=O)c1ccc(Br)o1)[C@H]2C. The van der Waals surface area contributed by atoms with Crippen LogP contribution in [-0.4, -0.2) is 21.9 Å². The van der Waals surface area contributed by atoms with E-state index in [1.807, 2.05) is 4.90 Å². The minimum atomic E-state index is -0.0525. The third kappa shape index (κ3) is 2.02. The van der Waals surface area contributed by atoms with Crippen molar-refractivity contribution in [1.29, 1.82) is 0 Å². The molecule has 0 N–H and O–H groups in total. The van der Waals surface area contributed by atoms with Gasteiger partial charge in [-0.1, -0.05) is 0 Å². The van der Waals surface area contributed by atoms with Gasteiger partial charge in [-0.3, -0.25) is 4.79 Å². The molecule has 2 aromatic heterocycles. The van der Waals surface area contributed by atoms with E-state index >= 15 is 0 Å². The number of nitrogens with zero attached hydrogens (tertiary/aromatic N) is 2. The quantitative estimate of drug-likeness (QED) is 0.807. The first-order valence-electron chi connectivity index (χ1n) is 6.30. The Morgan fingerprint density at radius 3 is 2.79 bits per heavy atom. The average molecular weight is 323 g/mol. The van der Waals surface area contributed by atoms with E-state index in [9.17, 15) is 4.79 Å². The Kier molecular flexibility index (Phi) is 3.01. The van der Waals surface area contributed by atoms with Crippen LogP contribution in [-0.2, 0) is 6.54 Å². The summed E-state index contributed by atoms with van der Waals surface area (Å²) in [6.07, 6.45) is 0. The number of amides is 1. The number of aryl methyl sites for hydroxylation is 1. The summed E-state index contributed by atoms with van der Waals surface area (Å²) >= 11 is 3.23. The Balaban J connectivity index is 1.90. The van der Waals surface area contributed by atoms with E-state index in [0.717, 1.165) is 6.54 Å². The molecule has 1 amide bonds. The predicted octanol–water partition coefficient (Wildman–Crippen LogP) is 3.37. The zero-order valence-electron chi connectivity index (χ0n) is 10.9. The fourth-order valence-corrected chi connectivity index (χ4v) is 2.98. The lowest BCUT2D eigenvalue weighted by atomic mass is 10.1. The molecule has 1 aliphatic rings. The van der Waals surface area contributed by atoms with Crippen LogP contribution >= 0.6 is 15.9 Å². The third-order valence-corrected chi connectivity index (χ3v) is 4.16. The molecule has 0 bridgehead atoms. The number of carbonyl (C=O) groups is 1. The molecule has 0 saturated heterocycles. The topological polar surface area (TPSA) is 38.4 Å². The smallest absolute Gasteiger partial charge is 0.290 e. The fourth-order valence-electron chi connectivity index (χ4n) is 2.67. The van der Waals surface area contributed by atoms with Gasteiger partial charge in [0, 0.05) is 24.5 Å². The Labute approximate surface area is 120 Å². The highest BCUT2D eigenvalue weighted by Crippen LogP contribution is 2.29. The molecule has 100 valence electrons. The van der Waals surface area contributed by atoms with Gasteiger partial charge in [0.25, 0.3) is 5.91 Å². The number of hydrogen-bond donors (Lipinski definition) is 0. The molecule has 2 aromatic rings. The number of fused-ring (bicyclic) bond motifs is 1. The van der Waals surface area contributed by atoms with E-state index in [1.54, 1.807) is 12.1 Å². The van der Waals surface area contributed by atoms with Crippen LogP contribution in [0.3, 0.4) is 0 Å². The third-order valence-electron chi connectivity index (χ3n) is 3.74.